The van der Waals surface area contributed by atoms with Crippen molar-refractivity contribution in [3.63, 3.8) is 0 Å². The fraction of sp³-hybridized carbons (Fsp3) is 0. The third kappa shape index (κ3) is 17.9. The number of carboxylic acid groups (broad SMARTS) is 8. The Bertz CT molecular complexity index is 4130. The largest absolute Gasteiger partial charge is 2.00 e. The van der Waals surface area contributed by atoms with Crippen LogP contribution in [0.3, 0.4) is 0 Å². The van der Waals surface area contributed by atoms with Crippen molar-refractivity contribution in [3.05, 3.63) is 289 Å². The average molecular weight is 1390 g/mol. The molecule has 0 aliphatic heterocycles. The maximum absolute atomic E-state index is 11.5. The van der Waals surface area contributed by atoms with Crippen LogP contribution in [0.4, 0.5) is 0 Å². The van der Waals surface area contributed by atoms with Gasteiger partial charge in [0.15, 0.2) is 0 Å². The van der Waals surface area contributed by atoms with Gasteiger partial charge in [0.05, 0.1) is 71.4 Å². The van der Waals surface area contributed by atoms with Gasteiger partial charge < -0.3 is 89.3 Å². The Balaban J connectivity index is 0.000000237. The SMILES string of the molecule is O.O.O=C(O)c1ccc(-c2cccc(-c3ccc(C(=O)O)cc3C(=O)[O-])c2)c(C(=O)[O-])c1.O=C(O)c1ccc(-c2cccc(-c3ccc(C(=O)O)cc3C(=O)[O-])c2)c(C(=O)[O-])c1.[Cu+2].[Cu+2].c1cn(-c2ccc(-n3ccnc3)cc2)cn1.c1cn(-c2ccc(-n3ccnc3)cc2)cn1. The third-order valence-corrected chi connectivity index (χ3v) is 13.8. The standard InChI is InChI=1S/2C22H14O8.2C12H10N4.2Cu.2H2O/c2*23-19(24)13-4-6-15(17(9-13)21(27)28)11-2-1-3-12(8-11)16-7-5-14(20(25)26)10-18(16)22(29)30;2*1-2-12(16-8-6-14-10-16)4-3-11(1)15-7-5-13-9-15;;;;/h2*1-10H,(H,23,24)(H,25,26)(H,27,28)(H,29,30);2*1-10H;;;2*1H2/q;;;;2*+2;;/p-4. The number of hydrogen-bond donors (Lipinski definition) is 4. The number of aromatic nitrogens is 8. The molecule has 28 heteroatoms. The summed E-state index contributed by atoms with van der Waals surface area (Å²) in [6.45, 7) is 0. The molecule has 26 nitrogen and oxygen atoms in total. The summed E-state index contributed by atoms with van der Waals surface area (Å²) in [4.78, 5) is 107. The number of imidazole rings is 4. The van der Waals surface area contributed by atoms with Crippen LogP contribution in [-0.2, 0) is 34.1 Å². The topological polar surface area (TPSA) is 444 Å². The Morgan fingerprint density at radius 3 is 0.646 bits per heavy atom. The zero-order chi connectivity index (χ0) is 65.6. The molecule has 8 aromatic carbocycles. The van der Waals surface area contributed by atoms with E-state index in [1.165, 1.54) is 60.7 Å². The van der Waals surface area contributed by atoms with Crippen LogP contribution >= 0.6 is 0 Å². The molecule has 8 N–H and O–H groups in total. The Morgan fingerprint density at radius 1 is 0.292 bits per heavy atom. The van der Waals surface area contributed by atoms with Gasteiger partial charge >= 0.3 is 58.0 Å². The molecule has 96 heavy (non-hydrogen) atoms. The van der Waals surface area contributed by atoms with Crippen molar-refractivity contribution in [3.8, 4) is 67.3 Å². The van der Waals surface area contributed by atoms with E-state index in [1.807, 2.05) is 43.1 Å². The van der Waals surface area contributed by atoms with Gasteiger partial charge in [-0.2, -0.15) is 0 Å². The van der Waals surface area contributed by atoms with Crippen molar-refractivity contribution < 1.29 is 124 Å². The fourth-order valence-corrected chi connectivity index (χ4v) is 9.34. The molecule has 12 rings (SSSR count). The van der Waals surface area contributed by atoms with Crippen LogP contribution in [0.15, 0.2) is 245 Å². The quantitative estimate of drug-likeness (QED) is 0.0948. The summed E-state index contributed by atoms with van der Waals surface area (Å²) in [5.74, 6) is -11.5. The monoisotopic (exact) mass is 1390 g/mol. The summed E-state index contributed by atoms with van der Waals surface area (Å²) in [6, 6.07) is 43.0. The van der Waals surface area contributed by atoms with E-state index in [-0.39, 0.29) is 112 Å². The molecule has 4 heterocycles. The van der Waals surface area contributed by atoms with Gasteiger partial charge in [0, 0.05) is 94.6 Å². The van der Waals surface area contributed by atoms with Crippen LogP contribution in [-0.4, -0.2) is 117 Å². The van der Waals surface area contributed by atoms with Gasteiger partial charge in [-0.1, -0.05) is 60.7 Å². The second kappa shape index (κ2) is 33.6. The van der Waals surface area contributed by atoms with E-state index >= 15 is 0 Å². The van der Waals surface area contributed by atoms with E-state index in [4.69, 9.17) is 20.4 Å². The molecule has 0 saturated heterocycles. The predicted molar refractivity (Wildman–Crippen MR) is 328 cm³/mol. The number of hydrogen-bond acceptors (Lipinski definition) is 16. The van der Waals surface area contributed by atoms with Gasteiger partial charge in [-0.25, -0.2) is 39.1 Å². The Labute approximate surface area is 563 Å². The molecule has 4 aromatic heterocycles. The summed E-state index contributed by atoms with van der Waals surface area (Å²) < 4.78 is 7.88. The minimum Gasteiger partial charge on any atom is -0.545 e. The van der Waals surface area contributed by atoms with Gasteiger partial charge in [0.2, 0.25) is 0 Å². The number of nitrogens with zero attached hydrogens (tertiary/aromatic N) is 8. The van der Waals surface area contributed by atoms with E-state index in [9.17, 15) is 58.8 Å². The molecule has 0 unspecified atom stereocenters. The minimum absolute atomic E-state index is 0. The van der Waals surface area contributed by atoms with Crippen molar-refractivity contribution in [2.45, 2.75) is 0 Å². The van der Waals surface area contributed by atoms with Crippen molar-refractivity contribution in [2.75, 3.05) is 0 Å². The normalized spacial score (nSPS) is 10.0. The number of carbonyl (C=O) groups excluding carboxylic acids is 4. The smallest absolute Gasteiger partial charge is 0.545 e. The maximum Gasteiger partial charge on any atom is 2.00 e. The zero-order valence-corrected chi connectivity index (χ0v) is 50.8. The summed E-state index contributed by atoms with van der Waals surface area (Å²) in [7, 11) is 0. The number of carboxylic acids is 8. The third-order valence-electron chi connectivity index (χ3n) is 13.8. The first-order valence-electron chi connectivity index (χ1n) is 26.9. The Hall–Kier alpha value is -12.7. The second-order valence-electron chi connectivity index (χ2n) is 19.5. The van der Waals surface area contributed by atoms with Gasteiger partial charge in [0.25, 0.3) is 0 Å². The molecule has 12 aromatic rings. The summed E-state index contributed by atoms with van der Waals surface area (Å²) in [6.07, 6.45) is 21.9. The molecule has 0 fully saturated rings. The fourth-order valence-electron chi connectivity index (χ4n) is 9.34. The van der Waals surface area contributed by atoms with Gasteiger partial charge in [-0.3, -0.25) is 0 Å². The molecule has 0 spiro atoms. The predicted octanol–water partition coefficient (Wildman–Crippen LogP) is 4.75. The van der Waals surface area contributed by atoms with Crippen LogP contribution < -0.4 is 20.4 Å². The first-order chi connectivity index (χ1) is 44.2. The molecular formula is C68H48Cu2N8O18. The van der Waals surface area contributed by atoms with Gasteiger partial charge in [-0.05, 0) is 154 Å². The molecule has 0 aliphatic rings. The molecule has 0 bridgehead atoms. The number of aromatic carboxylic acids is 8. The number of carbonyl (C=O) groups is 8. The molecule has 0 saturated carbocycles. The van der Waals surface area contributed by atoms with Crippen LogP contribution in [0.5, 0.6) is 0 Å². The first kappa shape index (κ1) is 74.1. The summed E-state index contributed by atoms with van der Waals surface area (Å²) >= 11 is 0. The van der Waals surface area contributed by atoms with E-state index < -0.39 is 47.8 Å². The molecular weight excluding hydrogens is 1340 g/mol. The Morgan fingerprint density at radius 2 is 0.490 bits per heavy atom. The van der Waals surface area contributed by atoms with Crippen molar-refractivity contribution in [1.29, 1.82) is 0 Å². The van der Waals surface area contributed by atoms with E-state index in [1.54, 1.807) is 86.5 Å². The van der Waals surface area contributed by atoms with Gasteiger partial charge in [-0.15, -0.1) is 0 Å². The summed E-state index contributed by atoms with van der Waals surface area (Å²) in [5.41, 5.74) is 4.34. The van der Waals surface area contributed by atoms with Crippen LogP contribution in [0.2, 0.25) is 0 Å². The van der Waals surface area contributed by atoms with Crippen molar-refractivity contribution in [2.24, 2.45) is 0 Å². The molecule has 0 amide bonds. The van der Waals surface area contributed by atoms with Crippen LogP contribution in [0.1, 0.15) is 82.9 Å². The molecule has 0 atom stereocenters. The van der Waals surface area contributed by atoms with E-state index in [0.29, 0.717) is 22.3 Å². The first-order valence-corrected chi connectivity index (χ1v) is 26.9. The van der Waals surface area contributed by atoms with Crippen LogP contribution in [0, 0.1) is 0 Å². The number of benzene rings is 8. The Kier molecular flexibility index (Phi) is 25.9. The molecule has 2 radical (unpaired) electrons. The van der Waals surface area contributed by atoms with Crippen molar-refractivity contribution in [1.82, 2.24) is 38.2 Å². The average Bonchev–Trinajstić information content (AvgIpc) is 2.02. The molecule has 0 aliphatic carbocycles. The molecule has 490 valence electrons. The van der Waals surface area contributed by atoms with Crippen molar-refractivity contribution >= 4 is 47.8 Å². The van der Waals surface area contributed by atoms with Crippen LogP contribution in [0.25, 0.3) is 67.3 Å². The summed E-state index contributed by atoms with van der Waals surface area (Å²) in [5, 5.41) is 82.4. The minimum atomic E-state index is -1.57. The zero-order valence-electron chi connectivity index (χ0n) is 49.0. The van der Waals surface area contributed by atoms with Gasteiger partial charge in [0.1, 0.15) is 0 Å². The van der Waals surface area contributed by atoms with E-state index in [2.05, 4.69) is 68.5 Å². The second-order valence-corrected chi connectivity index (χ2v) is 19.5. The van der Waals surface area contributed by atoms with E-state index in [0.717, 1.165) is 47.0 Å². The number of rotatable bonds is 16. The maximum atomic E-state index is 11.5.